The Morgan fingerprint density at radius 2 is 1.69 bits per heavy atom. The van der Waals surface area contributed by atoms with Gasteiger partial charge in [-0.3, -0.25) is 4.99 Å². The van der Waals surface area contributed by atoms with Gasteiger partial charge in [-0.2, -0.15) is 0 Å². The van der Waals surface area contributed by atoms with E-state index in [-0.39, 0.29) is 0 Å². The van der Waals surface area contributed by atoms with E-state index in [2.05, 4.69) is 43.6 Å². The average Bonchev–Trinajstić information content (AvgIpc) is 2.25. The Morgan fingerprint density at radius 3 is 2.12 bits per heavy atom. The molecule has 0 spiro atoms. The van der Waals surface area contributed by atoms with Crippen molar-refractivity contribution in [2.45, 2.75) is 41.5 Å². The number of nitrogens with zero attached hydrogens (tertiary/aromatic N) is 1. The second kappa shape index (κ2) is 7.00. The standard InChI is InChI=1S/C13H17N.C2H6/c1-9(2)12(5)14-13-7-6-10(3)8-11(13)4;1-2/h6-8H,1H2,2-5H3;1-2H3. The van der Waals surface area contributed by atoms with Gasteiger partial charge in [0.15, 0.2) is 0 Å². The summed E-state index contributed by atoms with van der Waals surface area (Å²) in [4.78, 5) is 4.52. The summed E-state index contributed by atoms with van der Waals surface area (Å²) in [5.74, 6) is 0. The summed E-state index contributed by atoms with van der Waals surface area (Å²) >= 11 is 0. The molecule has 0 amide bonds. The van der Waals surface area contributed by atoms with Crippen molar-refractivity contribution in [2.75, 3.05) is 0 Å². The predicted molar refractivity (Wildman–Crippen MR) is 74.8 cm³/mol. The third-order valence-corrected chi connectivity index (χ3v) is 2.26. The van der Waals surface area contributed by atoms with Crippen molar-refractivity contribution >= 4 is 11.4 Å². The van der Waals surface area contributed by atoms with E-state index < -0.39 is 0 Å². The SMILES string of the molecule is C=C(C)C(C)=Nc1ccc(C)cc1C.CC. The summed E-state index contributed by atoms with van der Waals surface area (Å²) in [6, 6.07) is 6.28. The van der Waals surface area contributed by atoms with E-state index in [0.717, 1.165) is 17.0 Å². The smallest absolute Gasteiger partial charge is 0.0662 e. The molecule has 0 bridgehead atoms. The van der Waals surface area contributed by atoms with E-state index >= 15 is 0 Å². The second-order valence-electron chi connectivity index (χ2n) is 3.77. The normalized spacial score (nSPS) is 10.5. The van der Waals surface area contributed by atoms with Gasteiger partial charge in [-0.1, -0.05) is 38.1 Å². The minimum absolute atomic E-state index is 0.997. The Balaban J connectivity index is 0.00000106. The van der Waals surface area contributed by atoms with Crippen LogP contribution in [0.15, 0.2) is 35.3 Å². The molecule has 0 aliphatic rings. The molecule has 1 aromatic rings. The minimum atomic E-state index is 0.997. The fourth-order valence-corrected chi connectivity index (χ4v) is 1.21. The number of aliphatic imine (C=N–C) groups is 1. The molecule has 0 saturated heterocycles. The molecular weight excluding hydrogens is 194 g/mol. The van der Waals surface area contributed by atoms with E-state index in [0.29, 0.717) is 0 Å². The van der Waals surface area contributed by atoms with Crippen LogP contribution in [0.5, 0.6) is 0 Å². The Kier molecular flexibility index (Phi) is 6.40. The highest BCUT2D eigenvalue weighted by Crippen LogP contribution is 2.20. The van der Waals surface area contributed by atoms with Gasteiger partial charge in [-0.15, -0.1) is 0 Å². The number of aryl methyl sites for hydroxylation is 2. The molecule has 0 aliphatic carbocycles. The first-order valence-corrected chi connectivity index (χ1v) is 5.79. The van der Waals surface area contributed by atoms with Gasteiger partial charge in [0, 0.05) is 5.71 Å². The van der Waals surface area contributed by atoms with Gasteiger partial charge < -0.3 is 0 Å². The van der Waals surface area contributed by atoms with E-state index in [1.807, 2.05) is 27.7 Å². The molecule has 1 aromatic carbocycles. The largest absolute Gasteiger partial charge is 0.253 e. The molecule has 0 radical (unpaired) electrons. The Bertz CT molecular complexity index is 386. The van der Waals surface area contributed by atoms with E-state index in [1.165, 1.54) is 11.1 Å². The van der Waals surface area contributed by atoms with Gasteiger partial charge in [0.1, 0.15) is 0 Å². The van der Waals surface area contributed by atoms with Crippen molar-refractivity contribution in [2.24, 2.45) is 4.99 Å². The lowest BCUT2D eigenvalue weighted by molar-refractivity contribution is 1.34. The van der Waals surface area contributed by atoms with Gasteiger partial charge in [0.25, 0.3) is 0 Å². The van der Waals surface area contributed by atoms with Gasteiger partial charge in [0.2, 0.25) is 0 Å². The summed E-state index contributed by atoms with van der Waals surface area (Å²) in [5, 5.41) is 0. The van der Waals surface area contributed by atoms with Crippen molar-refractivity contribution in [3.05, 3.63) is 41.5 Å². The molecule has 0 saturated carbocycles. The molecule has 0 fully saturated rings. The molecule has 0 unspecified atom stereocenters. The lowest BCUT2D eigenvalue weighted by atomic mass is 10.1. The molecular formula is C15H23N. The summed E-state index contributed by atoms with van der Waals surface area (Å²) in [6.07, 6.45) is 0. The first kappa shape index (κ1) is 14.6. The van der Waals surface area contributed by atoms with Crippen LogP contribution in [0.3, 0.4) is 0 Å². The van der Waals surface area contributed by atoms with Crippen LogP contribution in [0.25, 0.3) is 0 Å². The molecule has 1 nitrogen and oxygen atoms in total. The fraction of sp³-hybridized carbons (Fsp3) is 0.400. The number of rotatable bonds is 2. The van der Waals surface area contributed by atoms with Crippen LogP contribution in [-0.4, -0.2) is 5.71 Å². The lowest BCUT2D eigenvalue weighted by Crippen LogP contribution is -1.90. The third-order valence-electron chi connectivity index (χ3n) is 2.26. The van der Waals surface area contributed by atoms with Crippen LogP contribution in [0.4, 0.5) is 5.69 Å². The molecule has 0 heterocycles. The predicted octanol–water partition coefficient (Wildman–Crippen LogP) is 5.00. The number of hydrogen-bond acceptors (Lipinski definition) is 1. The quantitative estimate of drug-likeness (QED) is 0.618. The van der Waals surface area contributed by atoms with Crippen LogP contribution < -0.4 is 0 Å². The highest BCUT2D eigenvalue weighted by molar-refractivity contribution is 5.98. The van der Waals surface area contributed by atoms with Crippen LogP contribution in [0.1, 0.15) is 38.8 Å². The maximum absolute atomic E-state index is 4.52. The van der Waals surface area contributed by atoms with Crippen LogP contribution in [0.2, 0.25) is 0 Å². The average molecular weight is 217 g/mol. The summed E-state index contributed by atoms with van der Waals surface area (Å²) in [5.41, 5.74) is 5.54. The molecule has 88 valence electrons. The van der Waals surface area contributed by atoms with Gasteiger partial charge >= 0.3 is 0 Å². The van der Waals surface area contributed by atoms with Gasteiger partial charge in [-0.05, 0) is 44.9 Å². The van der Waals surface area contributed by atoms with Gasteiger partial charge in [0.05, 0.1) is 5.69 Å². The zero-order valence-corrected chi connectivity index (χ0v) is 11.4. The Hall–Kier alpha value is -1.37. The molecule has 0 aliphatic heterocycles. The highest BCUT2D eigenvalue weighted by Gasteiger charge is 1.97. The second-order valence-corrected chi connectivity index (χ2v) is 3.77. The monoisotopic (exact) mass is 217 g/mol. The van der Waals surface area contributed by atoms with Crippen LogP contribution >= 0.6 is 0 Å². The van der Waals surface area contributed by atoms with Gasteiger partial charge in [-0.25, -0.2) is 0 Å². The summed E-state index contributed by atoms with van der Waals surface area (Å²) in [6.45, 7) is 16.0. The molecule has 0 atom stereocenters. The van der Waals surface area contributed by atoms with E-state index in [1.54, 1.807) is 0 Å². The molecule has 1 rings (SSSR count). The van der Waals surface area contributed by atoms with Crippen LogP contribution in [0, 0.1) is 13.8 Å². The number of hydrogen-bond donors (Lipinski definition) is 0. The van der Waals surface area contributed by atoms with Crippen LogP contribution in [-0.2, 0) is 0 Å². The van der Waals surface area contributed by atoms with Crippen molar-refractivity contribution in [3.63, 3.8) is 0 Å². The fourth-order valence-electron chi connectivity index (χ4n) is 1.21. The highest BCUT2D eigenvalue weighted by atomic mass is 14.7. The number of allylic oxidation sites excluding steroid dienone is 1. The first-order chi connectivity index (χ1) is 7.50. The maximum atomic E-state index is 4.52. The maximum Gasteiger partial charge on any atom is 0.0662 e. The summed E-state index contributed by atoms with van der Waals surface area (Å²) < 4.78 is 0. The zero-order valence-electron chi connectivity index (χ0n) is 11.4. The Labute approximate surface area is 99.9 Å². The van der Waals surface area contributed by atoms with Crippen molar-refractivity contribution in [1.82, 2.24) is 0 Å². The summed E-state index contributed by atoms with van der Waals surface area (Å²) in [7, 11) is 0. The minimum Gasteiger partial charge on any atom is -0.253 e. The van der Waals surface area contributed by atoms with Crippen molar-refractivity contribution in [1.29, 1.82) is 0 Å². The van der Waals surface area contributed by atoms with E-state index in [9.17, 15) is 0 Å². The first-order valence-electron chi connectivity index (χ1n) is 5.79. The lowest BCUT2D eigenvalue weighted by Gasteiger charge is -2.03. The van der Waals surface area contributed by atoms with Crippen molar-refractivity contribution in [3.8, 4) is 0 Å². The van der Waals surface area contributed by atoms with E-state index in [4.69, 9.17) is 0 Å². The zero-order chi connectivity index (χ0) is 12.7. The molecule has 1 heteroatoms. The Morgan fingerprint density at radius 1 is 1.12 bits per heavy atom. The topological polar surface area (TPSA) is 12.4 Å². The molecule has 0 N–H and O–H groups in total. The molecule has 16 heavy (non-hydrogen) atoms. The molecule has 0 aromatic heterocycles. The van der Waals surface area contributed by atoms with Crippen molar-refractivity contribution < 1.29 is 0 Å². The number of benzene rings is 1. The third kappa shape index (κ3) is 4.43.